The summed E-state index contributed by atoms with van der Waals surface area (Å²) in [5.41, 5.74) is 6.24. The van der Waals surface area contributed by atoms with Crippen molar-refractivity contribution in [3.05, 3.63) is 35.6 Å². The third kappa shape index (κ3) is 4.74. The van der Waals surface area contributed by atoms with Crippen LogP contribution in [0.3, 0.4) is 0 Å². The lowest BCUT2D eigenvalue weighted by atomic mass is 9.95. The van der Waals surface area contributed by atoms with Gasteiger partial charge in [-0.05, 0) is 62.4 Å². The van der Waals surface area contributed by atoms with Gasteiger partial charge in [0.2, 0.25) is 5.91 Å². The van der Waals surface area contributed by atoms with E-state index in [1.54, 1.807) is 4.90 Å². The quantitative estimate of drug-likeness (QED) is 0.837. The predicted molar refractivity (Wildman–Crippen MR) is 101 cm³/mol. The number of carbonyl (C=O) groups excluding carboxylic acids is 2. The van der Waals surface area contributed by atoms with Crippen LogP contribution >= 0.6 is 12.4 Å². The normalized spacial score (nSPS) is 25.5. The van der Waals surface area contributed by atoms with Crippen molar-refractivity contribution in [2.24, 2.45) is 17.6 Å². The topological polar surface area (TPSA) is 75.4 Å². The first-order valence-electron chi connectivity index (χ1n) is 9.13. The van der Waals surface area contributed by atoms with Crippen molar-refractivity contribution >= 4 is 24.2 Å². The van der Waals surface area contributed by atoms with Gasteiger partial charge >= 0.3 is 0 Å². The van der Waals surface area contributed by atoms with Crippen molar-refractivity contribution < 1.29 is 14.0 Å². The van der Waals surface area contributed by atoms with E-state index in [1.807, 2.05) is 0 Å². The van der Waals surface area contributed by atoms with Crippen LogP contribution in [0.2, 0.25) is 0 Å². The SMILES string of the molecule is Cl.NCC1CCCC1NC(=O)C1CCCN(C(=O)c2ccc(F)cc2)C1. The molecule has 144 valence electrons. The number of hydrogen-bond donors (Lipinski definition) is 2. The van der Waals surface area contributed by atoms with E-state index in [4.69, 9.17) is 5.73 Å². The molecule has 1 aliphatic carbocycles. The van der Waals surface area contributed by atoms with Crippen LogP contribution in [-0.2, 0) is 4.79 Å². The number of likely N-dealkylation sites (tertiary alicyclic amines) is 1. The van der Waals surface area contributed by atoms with Crippen molar-refractivity contribution in [1.29, 1.82) is 0 Å². The fourth-order valence-corrected chi connectivity index (χ4v) is 3.96. The number of carbonyl (C=O) groups is 2. The molecule has 1 saturated carbocycles. The first-order valence-corrected chi connectivity index (χ1v) is 9.13. The Hall–Kier alpha value is -1.66. The number of rotatable bonds is 4. The smallest absolute Gasteiger partial charge is 0.253 e. The van der Waals surface area contributed by atoms with Crippen LogP contribution in [0, 0.1) is 17.7 Å². The summed E-state index contributed by atoms with van der Waals surface area (Å²) in [4.78, 5) is 26.9. The molecule has 3 N–H and O–H groups in total. The molecular weight excluding hydrogens is 357 g/mol. The molecule has 3 atom stereocenters. The highest BCUT2D eigenvalue weighted by Crippen LogP contribution is 2.26. The van der Waals surface area contributed by atoms with E-state index < -0.39 is 0 Å². The minimum absolute atomic E-state index is 0. The van der Waals surface area contributed by atoms with Crippen LogP contribution in [0.4, 0.5) is 4.39 Å². The largest absolute Gasteiger partial charge is 0.353 e. The number of nitrogens with two attached hydrogens (primary N) is 1. The van der Waals surface area contributed by atoms with Crippen LogP contribution in [0.5, 0.6) is 0 Å². The lowest BCUT2D eigenvalue weighted by Crippen LogP contribution is -2.48. The molecule has 1 aliphatic heterocycles. The summed E-state index contributed by atoms with van der Waals surface area (Å²) in [6, 6.07) is 5.72. The molecule has 0 bridgehead atoms. The molecule has 3 rings (SSSR count). The second-order valence-corrected chi connectivity index (χ2v) is 7.14. The molecule has 5 nitrogen and oxygen atoms in total. The molecule has 3 unspecified atom stereocenters. The second-order valence-electron chi connectivity index (χ2n) is 7.14. The zero-order chi connectivity index (χ0) is 17.8. The molecule has 1 heterocycles. The predicted octanol–water partition coefficient (Wildman–Crippen LogP) is 2.34. The zero-order valence-electron chi connectivity index (χ0n) is 14.8. The standard InChI is InChI=1S/C19H26FN3O2.ClH/c20-16-8-6-13(7-9-16)19(25)23-10-2-4-15(12-23)18(24)22-17-5-1-3-14(17)11-21;/h6-9,14-15,17H,1-5,10-12,21H2,(H,22,24);1H. The second kappa shape index (κ2) is 9.33. The Kier molecular flexibility index (Phi) is 7.41. The maximum Gasteiger partial charge on any atom is 0.253 e. The molecular formula is C19H27ClFN3O2. The van der Waals surface area contributed by atoms with Crippen molar-refractivity contribution in [2.45, 2.75) is 38.1 Å². The molecule has 2 fully saturated rings. The lowest BCUT2D eigenvalue weighted by Gasteiger charge is -2.33. The van der Waals surface area contributed by atoms with E-state index >= 15 is 0 Å². The molecule has 2 amide bonds. The third-order valence-corrected chi connectivity index (χ3v) is 5.46. The Balaban J connectivity index is 0.00000243. The summed E-state index contributed by atoms with van der Waals surface area (Å²) < 4.78 is 13.0. The van der Waals surface area contributed by atoms with Gasteiger partial charge in [-0.3, -0.25) is 9.59 Å². The fraction of sp³-hybridized carbons (Fsp3) is 0.579. The van der Waals surface area contributed by atoms with Crippen LogP contribution in [0.15, 0.2) is 24.3 Å². The van der Waals surface area contributed by atoms with Gasteiger partial charge in [0.1, 0.15) is 5.82 Å². The van der Waals surface area contributed by atoms with Crippen LogP contribution in [0.1, 0.15) is 42.5 Å². The van der Waals surface area contributed by atoms with Gasteiger partial charge in [-0.2, -0.15) is 0 Å². The van der Waals surface area contributed by atoms with Gasteiger partial charge in [0.05, 0.1) is 5.92 Å². The van der Waals surface area contributed by atoms with Crippen LogP contribution < -0.4 is 11.1 Å². The van der Waals surface area contributed by atoms with Gasteiger partial charge in [-0.15, -0.1) is 12.4 Å². The average Bonchev–Trinajstić information content (AvgIpc) is 3.09. The number of hydrogen-bond acceptors (Lipinski definition) is 3. The summed E-state index contributed by atoms with van der Waals surface area (Å²) in [6.45, 7) is 1.65. The molecule has 2 aliphatic rings. The summed E-state index contributed by atoms with van der Waals surface area (Å²) >= 11 is 0. The van der Waals surface area contributed by atoms with Gasteiger partial charge in [0, 0.05) is 24.7 Å². The summed E-state index contributed by atoms with van der Waals surface area (Å²) in [6.07, 6.45) is 4.75. The van der Waals surface area contributed by atoms with Gasteiger partial charge < -0.3 is 16.0 Å². The molecule has 0 aromatic heterocycles. The number of halogens is 2. The number of nitrogens with one attached hydrogen (secondary N) is 1. The Morgan fingerprint density at radius 2 is 1.88 bits per heavy atom. The van der Waals surface area contributed by atoms with E-state index in [9.17, 15) is 14.0 Å². The Bertz CT molecular complexity index is 626. The van der Waals surface area contributed by atoms with Crippen molar-refractivity contribution in [3.63, 3.8) is 0 Å². The monoisotopic (exact) mass is 383 g/mol. The van der Waals surface area contributed by atoms with Crippen molar-refractivity contribution in [3.8, 4) is 0 Å². The van der Waals surface area contributed by atoms with E-state index in [1.165, 1.54) is 24.3 Å². The molecule has 0 spiro atoms. The fourth-order valence-electron chi connectivity index (χ4n) is 3.96. The molecule has 26 heavy (non-hydrogen) atoms. The molecule has 7 heteroatoms. The number of benzene rings is 1. The number of piperidine rings is 1. The minimum Gasteiger partial charge on any atom is -0.353 e. The molecule has 1 aromatic rings. The van der Waals surface area contributed by atoms with Crippen LogP contribution in [0.25, 0.3) is 0 Å². The number of nitrogens with zero attached hydrogens (tertiary/aromatic N) is 1. The average molecular weight is 384 g/mol. The first kappa shape index (κ1) is 20.6. The lowest BCUT2D eigenvalue weighted by molar-refractivity contribution is -0.127. The van der Waals surface area contributed by atoms with Gasteiger partial charge in [0.25, 0.3) is 5.91 Å². The van der Waals surface area contributed by atoms with Gasteiger partial charge in [0.15, 0.2) is 0 Å². The first-order chi connectivity index (χ1) is 12.1. The van der Waals surface area contributed by atoms with Crippen molar-refractivity contribution in [2.75, 3.05) is 19.6 Å². The summed E-state index contributed by atoms with van der Waals surface area (Å²) in [5.74, 6) is -0.291. The maximum absolute atomic E-state index is 13.0. The maximum atomic E-state index is 13.0. The van der Waals surface area contributed by atoms with E-state index in [-0.39, 0.29) is 42.0 Å². The molecule has 0 radical (unpaired) electrons. The summed E-state index contributed by atoms with van der Waals surface area (Å²) in [5, 5.41) is 3.15. The van der Waals surface area contributed by atoms with Crippen LogP contribution in [-0.4, -0.2) is 42.4 Å². The van der Waals surface area contributed by atoms with Gasteiger partial charge in [-0.25, -0.2) is 4.39 Å². The zero-order valence-corrected chi connectivity index (χ0v) is 15.6. The highest BCUT2D eigenvalue weighted by atomic mass is 35.5. The molecule has 1 aromatic carbocycles. The van der Waals surface area contributed by atoms with Gasteiger partial charge in [-0.1, -0.05) is 6.42 Å². The highest BCUT2D eigenvalue weighted by Gasteiger charge is 2.33. The Morgan fingerprint density at radius 3 is 2.58 bits per heavy atom. The third-order valence-electron chi connectivity index (χ3n) is 5.46. The highest BCUT2D eigenvalue weighted by molar-refractivity contribution is 5.94. The van der Waals surface area contributed by atoms with E-state index in [2.05, 4.69) is 5.32 Å². The van der Waals surface area contributed by atoms with E-state index in [0.29, 0.717) is 31.1 Å². The Morgan fingerprint density at radius 1 is 1.15 bits per heavy atom. The summed E-state index contributed by atoms with van der Waals surface area (Å²) in [7, 11) is 0. The molecule has 1 saturated heterocycles. The van der Waals surface area contributed by atoms with E-state index in [0.717, 1.165) is 32.1 Å². The Labute approximate surface area is 159 Å². The number of amides is 2. The minimum atomic E-state index is -0.363. The van der Waals surface area contributed by atoms with Crippen molar-refractivity contribution in [1.82, 2.24) is 10.2 Å².